The van der Waals surface area contributed by atoms with Gasteiger partial charge < -0.3 is 23.9 Å². The average molecular weight is 435 g/mol. The van der Waals surface area contributed by atoms with Crippen molar-refractivity contribution in [3.05, 3.63) is 58.8 Å². The van der Waals surface area contributed by atoms with E-state index in [4.69, 9.17) is 18.6 Å². The molecule has 3 aromatic rings. The number of fused-ring (bicyclic) bond motifs is 3. The number of carbonyl (C=O) groups is 2. The lowest BCUT2D eigenvalue weighted by Crippen LogP contribution is -2.30. The maximum Gasteiger partial charge on any atom is 0.310 e. The second kappa shape index (κ2) is 8.94. The summed E-state index contributed by atoms with van der Waals surface area (Å²) in [6.07, 6.45) is 5.62. The van der Waals surface area contributed by atoms with E-state index in [1.807, 2.05) is 18.2 Å². The number of benzene rings is 2. The van der Waals surface area contributed by atoms with E-state index in [9.17, 15) is 9.59 Å². The Morgan fingerprint density at radius 1 is 1.00 bits per heavy atom. The van der Waals surface area contributed by atoms with Crippen LogP contribution in [-0.2, 0) is 40.0 Å². The van der Waals surface area contributed by atoms with Gasteiger partial charge in [0.1, 0.15) is 18.8 Å². The van der Waals surface area contributed by atoms with Gasteiger partial charge in [0, 0.05) is 17.5 Å². The molecular formula is C25H25NO6. The Balaban J connectivity index is 1.08. The molecule has 1 aliphatic carbocycles. The van der Waals surface area contributed by atoms with E-state index in [1.165, 1.54) is 11.1 Å². The zero-order valence-electron chi connectivity index (χ0n) is 17.8. The van der Waals surface area contributed by atoms with Crippen LogP contribution in [0.3, 0.4) is 0 Å². The minimum atomic E-state index is -0.449. The Morgan fingerprint density at radius 3 is 2.69 bits per heavy atom. The van der Waals surface area contributed by atoms with Crippen LogP contribution in [0.4, 0.5) is 0 Å². The lowest BCUT2D eigenvalue weighted by Gasteiger charge is -2.18. The van der Waals surface area contributed by atoms with Crippen molar-refractivity contribution >= 4 is 22.8 Å². The van der Waals surface area contributed by atoms with E-state index in [1.54, 1.807) is 6.26 Å². The Hall–Kier alpha value is -3.48. The van der Waals surface area contributed by atoms with Gasteiger partial charge in [0.2, 0.25) is 0 Å². The number of rotatable bonds is 7. The predicted octanol–water partition coefficient (Wildman–Crippen LogP) is 3.14. The summed E-state index contributed by atoms with van der Waals surface area (Å²) in [5.41, 5.74) is 5.27. The van der Waals surface area contributed by atoms with E-state index in [2.05, 4.69) is 17.4 Å². The molecule has 0 atom stereocenters. The highest BCUT2D eigenvalue weighted by Crippen LogP contribution is 2.31. The van der Waals surface area contributed by atoms with Crippen LogP contribution < -0.4 is 14.8 Å². The number of nitrogens with one attached hydrogen (secondary N) is 1. The second-order valence-corrected chi connectivity index (χ2v) is 8.15. The first-order valence-electron chi connectivity index (χ1n) is 11.0. The summed E-state index contributed by atoms with van der Waals surface area (Å²) < 4.78 is 21.9. The molecule has 2 aromatic carbocycles. The maximum atomic E-state index is 12.3. The molecule has 5 rings (SSSR count). The van der Waals surface area contributed by atoms with Crippen molar-refractivity contribution in [3.63, 3.8) is 0 Å². The molecule has 0 saturated heterocycles. The lowest BCUT2D eigenvalue weighted by atomic mass is 10.0. The van der Waals surface area contributed by atoms with E-state index < -0.39 is 5.97 Å². The zero-order chi connectivity index (χ0) is 21.9. The summed E-state index contributed by atoms with van der Waals surface area (Å²) in [7, 11) is 0. The number of esters is 1. The molecule has 1 aromatic heterocycles. The molecule has 1 aliphatic heterocycles. The number of ether oxygens (including phenoxy) is 3. The van der Waals surface area contributed by atoms with Crippen molar-refractivity contribution in [1.82, 2.24) is 5.32 Å². The number of carbonyl (C=O) groups excluding carboxylic acids is 2. The molecule has 0 bridgehead atoms. The largest absolute Gasteiger partial charge is 0.486 e. The summed E-state index contributed by atoms with van der Waals surface area (Å²) in [4.78, 5) is 24.3. The third-order valence-electron chi connectivity index (χ3n) is 5.91. The minimum absolute atomic E-state index is 0.0796. The van der Waals surface area contributed by atoms with Gasteiger partial charge in [0.25, 0.3) is 5.91 Å². The van der Waals surface area contributed by atoms with Gasteiger partial charge in [-0.25, -0.2) is 0 Å². The Labute approximate surface area is 185 Å². The second-order valence-electron chi connectivity index (χ2n) is 8.15. The molecule has 7 heteroatoms. The van der Waals surface area contributed by atoms with Gasteiger partial charge in [-0.2, -0.15) is 0 Å². The first-order chi connectivity index (χ1) is 15.7. The molecule has 1 amide bonds. The molecular weight excluding hydrogens is 410 g/mol. The molecule has 2 heterocycles. The van der Waals surface area contributed by atoms with Gasteiger partial charge in [0.05, 0.1) is 12.7 Å². The Bertz CT molecular complexity index is 1160. The summed E-state index contributed by atoms with van der Waals surface area (Å²) in [6.45, 7) is 1.23. The van der Waals surface area contributed by atoms with Crippen molar-refractivity contribution < 1.29 is 28.2 Å². The van der Waals surface area contributed by atoms with E-state index in [0.29, 0.717) is 26.2 Å². The predicted molar refractivity (Wildman–Crippen MR) is 117 cm³/mol. The Kier molecular flexibility index (Phi) is 5.71. The third-order valence-corrected chi connectivity index (χ3v) is 5.91. The van der Waals surface area contributed by atoms with Crippen LogP contribution in [0.1, 0.15) is 28.7 Å². The van der Waals surface area contributed by atoms with Gasteiger partial charge in [-0.3, -0.25) is 9.59 Å². The maximum absolute atomic E-state index is 12.3. The highest BCUT2D eigenvalue weighted by molar-refractivity contribution is 5.88. The van der Waals surface area contributed by atoms with Gasteiger partial charge in [-0.15, -0.1) is 0 Å². The van der Waals surface area contributed by atoms with Crippen molar-refractivity contribution in [2.24, 2.45) is 0 Å². The molecule has 0 spiro atoms. The van der Waals surface area contributed by atoms with Crippen LogP contribution in [0.2, 0.25) is 0 Å². The highest BCUT2D eigenvalue weighted by Gasteiger charge is 2.18. The van der Waals surface area contributed by atoms with Crippen LogP contribution in [0.25, 0.3) is 11.0 Å². The van der Waals surface area contributed by atoms with E-state index in [-0.39, 0.29) is 18.9 Å². The summed E-state index contributed by atoms with van der Waals surface area (Å²) in [6, 6.07) is 9.94. The third kappa shape index (κ3) is 4.42. The summed E-state index contributed by atoms with van der Waals surface area (Å²) >= 11 is 0. The fourth-order valence-electron chi connectivity index (χ4n) is 4.28. The standard InChI is InChI=1S/C25H25NO6/c27-24(26-7-6-16-4-5-21-23(10-16)30-9-8-29-21)15-32-25(28)13-19-14-31-22-12-18-3-1-2-17(18)11-20(19)22/h4-5,10-12,14H,1-3,6-9,13,15H2,(H,26,27). The van der Waals surface area contributed by atoms with Crippen molar-refractivity contribution in [1.29, 1.82) is 0 Å². The van der Waals surface area contributed by atoms with E-state index >= 15 is 0 Å². The quantitative estimate of drug-likeness (QED) is 0.574. The number of hydrogen-bond donors (Lipinski definition) is 1. The number of hydrogen-bond acceptors (Lipinski definition) is 6. The van der Waals surface area contributed by atoms with Crippen LogP contribution in [0.5, 0.6) is 11.5 Å². The monoisotopic (exact) mass is 435 g/mol. The van der Waals surface area contributed by atoms with Gasteiger partial charge in [-0.1, -0.05) is 6.07 Å². The summed E-state index contributed by atoms with van der Waals surface area (Å²) in [5, 5.41) is 3.73. The van der Waals surface area contributed by atoms with Crippen LogP contribution in [0, 0.1) is 0 Å². The number of amides is 1. The first-order valence-corrected chi connectivity index (χ1v) is 11.0. The zero-order valence-corrected chi connectivity index (χ0v) is 17.8. The molecule has 1 N–H and O–H groups in total. The van der Waals surface area contributed by atoms with Crippen molar-refractivity contribution in [2.45, 2.75) is 32.1 Å². The summed E-state index contributed by atoms with van der Waals surface area (Å²) in [5.74, 6) is 0.692. The van der Waals surface area contributed by atoms with Crippen LogP contribution in [0.15, 0.2) is 41.0 Å². The molecule has 166 valence electrons. The number of aryl methyl sites for hydroxylation is 2. The first kappa shape index (κ1) is 20.4. The van der Waals surface area contributed by atoms with Crippen molar-refractivity contribution in [2.75, 3.05) is 26.4 Å². The topological polar surface area (TPSA) is 87.0 Å². The van der Waals surface area contributed by atoms with Gasteiger partial charge in [-0.05, 0) is 66.6 Å². The van der Waals surface area contributed by atoms with E-state index in [0.717, 1.165) is 52.9 Å². The normalized spacial score (nSPS) is 14.2. The molecule has 0 unspecified atom stereocenters. The number of furan rings is 1. The van der Waals surface area contributed by atoms with Crippen LogP contribution in [-0.4, -0.2) is 38.2 Å². The van der Waals surface area contributed by atoms with Crippen molar-refractivity contribution in [3.8, 4) is 11.5 Å². The fourth-order valence-corrected chi connectivity index (χ4v) is 4.28. The molecule has 7 nitrogen and oxygen atoms in total. The molecule has 32 heavy (non-hydrogen) atoms. The van der Waals surface area contributed by atoms with Gasteiger partial charge in [0.15, 0.2) is 18.1 Å². The minimum Gasteiger partial charge on any atom is -0.486 e. The lowest BCUT2D eigenvalue weighted by molar-refractivity contribution is -0.147. The molecule has 0 fully saturated rings. The average Bonchev–Trinajstić information content (AvgIpc) is 3.42. The SMILES string of the molecule is O=C(COC(=O)Cc1coc2cc3c(cc12)CCC3)NCCc1ccc2c(c1)OCCO2. The Morgan fingerprint density at radius 2 is 1.81 bits per heavy atom. The molecule has 2 aliphatic rings. The molecule has 0 radical (unpaired) electrons. The highest BCUT2D eigenvalue weighted by atomic mass is 16.6. The molecule has 0 saturated carbocycles. The van der Waals surface area contributed by atoms with Crippen LogP contribution >= 0.6 is 0 Å². The fraction of sp³-hybridized carbons (Fsp3) is 0.360. The van der Waals surface area contributed by atoms with Gasteiger partial charge >= 0.3 is 5.97 Å². The smallest absolute Gasteiger partial charge is 0.310 e.